The Morgan fingerprint density at radius 3 is 2.71 bits per heavy atom. The molecule has 1 saturated carbocycles. The zero-order chi connectivity index (χ0) is 25.1. The van der Waals surface area contributed by atoms with Gasteiger partial charge in [0, 0.05) is 42.1 Å². The van der Waals surface area contributed by atoms with E-state index in [1.165, 1.54) is 12.1 Å². The summed E-state index contributed by atoms with van der Waals surface area (Å²) in [4.78, 5) is 31.7. The maximum absolute atomic E-state index is 14.0. The Kier molecular flexibility index (Phi) is 8.09. The predicted molar refractivity (Wildman–Crippen MR) is 133 cm³/mol. The molecule has 5 atom stereocenters. The molecule has 5 unspecified atom stereocenters. The maximum atomic E-state index is 14.0. The van der Waals surface area contributed by atoms with E-state index in [1.54, 1.807) is 24.9 Å². The van der Waals surface area contributed by atoms with E-state index in [4.69, 9.17) is 5.73 Å². The summed E-state index contributed by atoms with van der Waals surface area (Å²) in [6.45, 7) is 2.24. The average Bonchev–Trinajstić information content (AvgIpc) is 3.46. The van der Waals surface area contributed by atoms with Gasteiger partial charge < -0.3 is 31.4 Å². The number of aliphatic hydroxyl groups excluding tert-OH is 1. The Morgan fingerprint density at radius 2 is 2.03 bits per heavy atom. The molecule has 192 valence electrons. The van der Waals surface area contributed by atoms with Gasteiger partial charge in [0.05, 0.1) is 12.1 Å². The molecule has 1 aromatic carbocycles. The SMILES string of the molecule is CNC(C)C(=O)NC(C(=O)N1CC(O)CC1C(CN)c1c[nH]c2cc(F)ccc12)C1CCCCC1. The van der Waals surface area contributed by atoms with Crippen molar-refractivity contribution in [3.8, 4) is 0 Å². The van der Waals surface area contributed by atoms with Crippen LogP contribution in [0.2, 0.25) is 0 Å². The number of nitrogens with one attached hydrogen (secondary N) is 3. The first-order valence-corrected chi connectivity index (χ1v) is 12.8. The van der Waals surface area contributed by atoms with Crippen molar-refractivity contribution in [1.29, 1.82) is 0 Å². The molecule has 1 aliphatic carbocycles. The summed E-state index contributed by atoms with van der Waals surface area (Å²) >= 11 is 0. The lowest BCUT2D eigenvalue weighted by Crippen LogP contribution is -2.57. The lowest BCUT2D eigenvalue weighted by atomic mass is 9.82. The van der Waals surface area contributed by atoms with Crippen molar-refractivity contribution in [2.24, 2.45) is 11.7 Å². The van der Waals surface area contributed by atoms with Crippen LogP contribution < -0.4 is 16.4 Å². The van der Waals surface area contributed by atoms with Crippen molar-refractivity contribution in [2.75, 3.05) is 20.1 Å². The van der Waals surface area contributed by atoms with E-state index in [-0.39, 0.29) is 48.6 Å². The number of halogens is 1. The van der Waals surface area contributed by atoms with Crippen LogP contribution in [-0.2, 0) is 9.59 Å². The zero-order valence-electron chi connectivity index (χ0n) is 20.6. The number of H-pyrrole nitrogens is 1. The Hall–Kier alpha value is -2.49. The fraction of sp³-hybridized carbons (Fsp3) is 0.615. The first-order chi connectivity index (χ1) is 16.8. The number of carbonyl (C=O) groups excluding carboxylic acids is 2. The van der Waals surface area contributed by atoms with Gasteiger partial charge in [0.2, 0.25) is 11.8 Å². The summed E-state index contributed by atoms with van der Waals surface area (Å²) in [5, 5.41) is 17.4. The molecule has 35 heavy (non-hydrogen) atoms. The summed E-state index contributed by atoms with van der Waals surface area (Å²) in [6.07, 6.45) is 6.55. The largest absolute Gasteiger partial charge is 0.391 e. The van der Waals surface area contributed by atoms with Gasteiger partial charge in [0.25, 0.3) is 0 Å². The van der Waals surface area contributed by atoms with Gasteiger partial charge in [-0.15, -0.1) is 0 Å². The molecule has 0 spiro atoms. The average molecular weight is 488 g/mol. The van der Waals surface area contributed by atoms with Crippen LogP contribution in [0.3, 0.4) is 0 Å². The second-order valence-electron chi connectivity index (χ2n) is 10.1. The van der Waals surface area contributed by atoms with Gasteiger partial charge in [0.15, 0.2) is 0 Å². The number of likely N-dealkylation sites (N-methyl/N-ethyl adjacent to an activating group) is 1. The molecule has 0 bridgehead atoms. The van der Waals surface area contributed by atoms with Crippen LogP contribution in [-0.4, -0.2) is 71.2 Å². The fourth-order valence-electron chi connectivity index (χ4n) is 5.83. The minimum absolute atomic E-state index is 0.0649. The minimum atomic E-state index is -0.667. The zero-order valence-corrected chi connectivity index (χ0v) is 20.6. The molecule has 8 nitrogen and oxygen atoms in total. The number of nitrogens with zero attached hydrogens (tertiary/aromatic N) is 1. The topological polar surface area (TPSA) is 123 Å². The number of rotatable bonds is 8. The van der Waals surface area contributed by atoms with E-state index in [0.29, 0.717) is 11.9 Å². The number of hydrogen-bond acceptors (Lipinski definition) is 5. The number of hydrogen-bond donors (Lipinski definition) is 5. The van der Waals surface area contributed by atoms with Crippen molar-refractivity contribution in [1.82, 2.24) is 20.5 Å². The smallest absolute Gasteiger partial charge is 0.245 e. The van der Waals surface area contributed by atoms with Crippen molar-refractivity contribution in [2.45, 2.75) is 75.6 Å². The highest BCUT2D eigenvalue weighted by Crippen LogP contribution is 2.36. The van der Waals surface area contributed by atoms with Crippen molar-refractivity contribution in [3.63, 3.8) is 0 Å². The molecule has 2 amide bonds. The number of aromatic nitrogens is 1. The summed E-state index contributed by atoms with van der Waals surface area (Å²) in [7, 11) is 1.72. The number of nitrogens with two attached hydrogens (primary N) is 1. The molecule has 6 N–H and O–H groups in total. The predicted octanol–water partition coefficient (Wildman–Crippen LogP) is 1.98. The van der Waals surface area contributed by atoms with E-state index in [2.05, 4.69) is 15.6 Å². The molecule has 2 aliphatic rings. The third-order valence-electron chi connectivity index (χ3n) is 7.91. The molecule has 0 radical (unpaired) electrons. The van der Waals surface area contributed by atoms with Crippen LogP contribution in [0.15, 0.2) is 24.4 Å². The monoisotopic (exact) mass is 487 g/mol. The summed E-state index contributed by atoms with van der Waals surface area (Å²) in [5.41, 5.74) is 7.82. The Labute approximate surface area is 205 Å². The molecular formula is C26H38FN5O3. The molecule has 4 rings (SSSR count). The molecular weight excluding hydrogens is 449 g/mol. The van der Waals surface area contributed by atoms with Crippen molar-refractivity contribution in [3.05, 3.63) is 35.8 Å². The van der Waals surface area contributed by atoms with E-state index in [0.717, 1.165) is 43.1 Å². The molecule has 9 heteroatoms. The molecule has 2 heterocycles. The van der Waals surface area contributed by atoms with Crippen LogP contribution in [0.25, 0.3) is 10.9 Å². The van der Waals surface area contributed by atoms with Crippen LogP contribution in [0, 0.1) is 11.7 Å². The van der Waals surface area contributed by atoms with Crippen molar-refractivity contribution < 1.29 is 19.1 Å². The number of amides is 2. The van der Waals surface area contributed by atoms with Gasteiger partial charge in [-0.2, -0.15) is 0 Å². The number of aliphatic hydroxyl groups is 1. The number of fused-ring (bicyclic) bond motifs is 1. The van der Waals surface area contributed by atoms with Crippen LogP contribution >= 0.6 is 0 Å². The van der Waals surface area contributed by atoms with E-state index in [1.807, 2.05) is 6.20 Å². The van der Waals surface area contributed by atoms with Gasteiger partial charge in [-0.1, -0.05) is 19.3 Å². The Bertz CT molecular complexity index is 1040. The van der Waals surface area contributed by atoms with E-state index in [9.17, 15) is 19.1 Å². The lowest BCUT2D eigenvalue weighted by Gasteiger charge is -2.37. The molecule has 1 aliphatic heterocycles. The van der Waals surface area contributed by atoms with Crippen LogP contribution in [0.1, 0.15) is 56.9 Å². The number of likely N-dealkylation sites (tertiary alicyclic amines) is 1. The maximum Gasteiger partial charge on any atom is 0.245 e. The first kappa shape index (κ1) is 25.6. The van der Waals surface area contributed by atoms with Gasteiger partial charge in [0.1, 0.15) is 11.9 Å². The number of carbonyl (C=O) groups is 2. The van der Waals surface area contributed by atoms with Crippen molar-refractivity contribution >= 4 is 22.7 Å². The van der Waals surface area contributed by atoms with Gasteiger partial charge in [-0.05, 0) is 62.9 Å². The third kappa shape index (κ3) is 5.37. The van der Waals surface area contributed by atoms with E-state index >= 15 is 0 Å². The number of aromatic amines is 1. The Morgan fingerprint density at radius 1 is 1.29 bits per heavy atom. The van der Waals surface area contributed by atoms with Crippen LogP contribution in [0.5, 0.6) is 0 Å². The van der Waals surface area contributed by atoms with Gasteiger partial charge in [-0.25, -0.2) is 4.39 Å². The number of β-amino-alcohol motifs (C(OH)–C–C–N with tert-alkyl or cyclic N) is 1. The normalized spacial score (nSPS) is 23.9. The highest BCUT2D eigenvalue weighted by Gasteiger charge is 2.44. The lowest BCUT2D eigenvalue weighted by molar-refractivity contribution is -0.140. The first-order valence-electron chi connectivity index (χ1n) is 12.8. The summed E-state index contributed by atoms with van der Waals surface area (Å²) in [5.74, 6) is -0.865. The number of benzene rings is 1. The van der Waals surface area contributed by atoms with Crippen LogP contribution in [0.4, 0.5) is 4.39 Å². The summed E-state index contributed by atoms with van der Waals surface area (Å²) in [6, 6.07) is 3.20. The highest BCUT2D eigenvalue weighted by atomic mass is 19.1. The Balaban J connectivity index is 1.63. The fourth-order valence-corrected chi connectivity index (χ4v) is 5.83. The quantitative estimate of drug-likeness (QED) is 0.390. The molecule has 2 aromatic rings. The minimum Gasteiger partial charge on any atom is -0.391 e. The second-order valence-corrected chi connectivity index (χ2v) is 10.1. The molecule has 1 aromatic heterocycles. The third-order valence-corrected chi connectivity index (χ3v) is 7.91. The van der Waals surface area contributed by atoms with Gasteiger partial charge in [-0.3, -0.25) is 9.59 Å². The van der Waals surface area contributed by atoms with Gasteiger partial charge >= 0.3 is 0 Å². The standard InChI is InChI=1S/C26H38FN5O3/c1-15(29-2)25(34)31-24(16-6-4-3-5-7-16)26(35)32-14-18(33)11-23(32)20(12-28)21-13-30-22-10-17(27)8-9-19(21)22/h8-10,13,15-16,18,20,23-24,29-30,33H,3-7,11-12,14,28H2,1-2H3,(H,31,34). The molecule has 1 saturated heterocycles. The van der Waals surface area contributed by atoms with E-state index < -0.39 is 18.2 Å². The second kappa shape index (κ2) is 11.1. The molecule has 2 fully saturated rings. The highest BCUT2D eigenvalue weighted by molar-refractivity contribution is 5.90. The summed E-state index contributed by atoms with van der Waals surface area (Å²) < 4.78 is 13.7.